The lowest BCUT2D eigenvalue weighted by atomic mass is 10.0. The molecule has 732 valence electrons. The highest BCUT2D eigenvalue weighted by molar-refractivity contribution is 6.47. The number of nitriles is 3. The lowest BCUT2D eigenvalue weighted by Crippen LogP contribution is -2.58. The van der Waals surface area contributed by atoms with Crippen molar-refractivity contribution in [3.8, 4) is 86.3 Å². The molecule has 42 heteroatoms. The maximum absolute atomic E-state index is 15.5. The van der Waals surface area contributed by atoms with Crippen LogP contribution in [0.5, 0.6) is 17.2 Å². The van der Waals surface area contributed by atoms with Crippen molar-refractivity contribution >= 4 is 184 Å². The zero-order valence-electron chi connectivity index (χ0n) is 78.0. The van der Waals surface area contributed by atoms with Gasteiger partial charge in [-0.2, -0.15) is 15.8 Å². The molecule has 3 fully saturated rings. The average Bonchev–Trinajstić information content (AvgIpc) is 0.725. The average molecular weight is 2120 g/mol. The van der Waals surface area contributed by atoms with E-state index in [0.29, 0.717) is 56.2 Å². The van der Waals surface area contributed by atoms with Crippen molar-refractivity contribution in [2.75, 3.05) is 54.0 Å². The highest BCUT2D eigenvalue weighted by Crippen LogP contribution is 2.53. The Labute approximate surface area is 855 Å². The number of carbonyl (C=O) groups excluding carboxylic acids is 3. The van der Waals surface area contributed by atoms with Crippen LogP contribution in [0.4, 0.5) is 39.0 Å². The summed E-state index contributed by atoms with van der Waals surface area (Å²) in [6.07, 6.45) is 8.52. The number of hydrogen-bond acceptors (Lipinski definition) is 21. The first-order chi connectivity index (χ1) is 66.5. The summed E-state index contributed by atoms with van der Waals surface area (Å²) in [6.45, 7) is 40.0. The van der Waals surface area contributed by atoms with Crippen LogP contribution in [-0.4, -0.2) is 167 Å². The van der Waals surface area contributed by atoms with Gasteiger partial charge in [0.1, 0.15) is 99.2 Å². The monoisotopic (exact) mass is 2120 g/mol. The lowest BCUT2D eigenvalue weighted by Gasteiger charge is -2.45. The van der Waals surface area contributed by atoms with Gasteiger partial charge in [0.15, 0.2) is 29.1 Å². The number of phenols is 3. The van der Waals surface area contributed by atoms with Gasteiger partial charge in [0.2, 0.25) is 17.7 Å². The van der Waals surface area contributed by atoms with Crippen molar-refractivity contribution in [2.24, 2.45) is 0 Å². The predicted octanol–water partition coefficient (Wildman–Crippen LogP) is 22.4. The van der Waals surface area contributed by atoms with E-state index in [9.17, 15) is 68.7 Å². The van der Waals surface area contributed by atoms with E-state index in [1.165, 1.54) is 50.1 Å². The number of aromatic nitrogens is 9. The van der Waals surface area contributed by atoms with E-state index in [2.05, 4.69) is 62.9 Å². The van der Waals surface area contributed by atoms with Crippen LogP contribution >= 0.6 is 116 Å². The third kappa shape index (κ3) is 18.5. The summed E-state index contributed by atoms with van der Waals surface area (Å²) in [7, 11) is 0. The Balaban J connectivity index is 0.000000178. The second-order valence-electron chi connectivity index (χ2n) is 35.1. The molecule has 27 nitrogen and oxygen atoms in total. The number of halogens is 15. The summed E-state index contributed by atoms with van der Waals surface area (Å²) in [5.41, 5.74) is -0.563. The van der Waals surface area contributed by atoms with E-state index in [4.69, 9.17) is 121 Å². The molecular formula is C99H87Cl10F5N18O9. The molecule has 9 aromatic heterocycles. The van der Waals surface area contributed by atoms with Gasteiger partial charge in [0.25, 0.3) is 16.7 Å². The quantitative estimate of drug-likeness (QED) is 0.0371. The molecule has 3 N–H and O–H groups in total. The van der Waals surface area contributed by atoms with E-state index in [1.54, 1.807) is 72.3 Å². The number of aryl methyl sites for hydroxylation is 3. The molecule has 3 amide bonds. The van der Waals surface area contributed by atoms with Crippen molar-refractivity contribution in [1.29, 1.82) is 15.8 Å². The van der Waals surface area contributed by atoms with Gasteiger partial charge in [-0.3, -0.25) is 57.4 Å². The van der Waals surface area contributed by atoms with Gasteiger partial charge in [-0.15, -0.1) is 0 Å². The molecule has 3 aliphatic rings. The van der Waals surface area contributed by atoms with E-state index >= 15 is 13.2 Å². The number of pyridine rings is 9. The van der Waals surface area contributed by atoms with Crippen molar-refractivity contribution in [3.05, 3.63) is 254 Å². The predicted molar refractivity (Wildman–Crippen MR) is 542 cm³/mol. The van der Waals surface area contributed by atoms with E-state index in [0.717, 1.165) is 0 Å². The highest BCUT2D eigenvalue weighted by atomic mass is 35.5. The molecule has 0 spiro atoms. The second kappa shape index (κ2) is 41.7. The first kappa shape index (κ1) is 106. The number of phenolic OH excluding ortho intramolecular Hbond substituents is 3. The third-order valence-electron chi connectivity index (χ3n) is 24.8. The normalized spacial score (nSPS) is 16.6. The minimum absolute atomic E-state index is 0.0354. The van der Waals surface area contributed by atoms with Gasteiger partial charge in [-0.25, -0.2) is 36.9 Å². The van der Waals surface area contributed by atoms with E-state index < -0.39 is 121 Å². The number of hydrogen-bond donors (Lipinski definition) is 3. The van der Waals surface area contributed by atoms with Crippen LogP contribution < -0.4 is 31.4 Å². The molecule has 12 aromatic rings. The highest BCUT2D eigenvalue weighted by Gasteiger charge is 2.42. The number of fused-ring (bicyclic) bond motifs is 3. The molecule has 0 bridgehead atoms. The van der Waals surface area contributed by atoms with Crippen LogP contribution in [0.15, 0.2) is 107 Å². The molecule has 15 rings (SSSR count). The summed E-state index contributed by atoms with van der Waals surface area (Å²) in [4.78, 5) is 120. The van der Waals surface area contributed by atoms with Crippen LogP contribution in [0.1, 0.15) is 151 Å². The summed E-state index contributed by atoms with van der Waals surface area (Å²) >= 11 is 62.4. The Morgan fingerprint density at radius 3 is 0.851 bits per heavy atom. The maximum Gasteiger partial charge on any atom is 0.276 e. The van der Waals surface area contributed by atoms with Crippen LogP contribution in [0, 0.1) is 83.9 Å². The van der Waals surface area contributed by atoms with Crippen LogP contribution in [0.2, 0.25) is 50.2 Å². The van der Waals surface area contributed by atoms with Crippen LogP contribution in [0.3, 0.4) is 0 Å². The molecule has 0 aliphatic carbocycles. The van der Waals surface area contributed by atoms with E-state index in [1.807, 2.05) is 97.8 Å². The minimum atomic E-state index is -1.56. The standard InChI is InChI=1S/C33H29Cl4FN6O3.2C33H29Cl3F2N6O3/c1-7-21(45)43-16(5)12-42(13-17(43)6)30-18-10-20(34)28(22-23(35)26(38)24(36)25(37)31(22)46)41-32(18)44(33(47)19(30)11-39)29-15(4)8-9-40-27(29)14(2)3;2*1-7-21(45)43-16(5)12-42(13-17(43)6)30-18-10-20(34)28(22-25(37)26(38)23(35)24(36)31(22)46)41-32(18)44(33(47)19(30)11-39)29-15(4)8-9-40-27(29)14(2)3/h3*7-10,14,16-17,46H,1,12-13H2,2-6H3/t3*16-,17+. The van der Waals surface area contributed by atoms with Gasteiger partial charge >= 0.3 is 0 Å². The van der Waals surface area contributed by atoms with Crippen molar-refractivity contribution < 1.29 is 51.7 Å². The first-order valence-corrected chi connectivity index (χ1v) is 47.5. The number of benzene rings is 3. The molecule has 6 atom stereocenters. The fourth-order valence-electron chi connectivity index (χ4n) is 18.7. The second-order valence-corrected chi connectivity index (χ2v) is 39.0. The number of rotatable bonds is 15. The van der Waals surface area contributed by atoms with Gasteiger partial charge in [0, 0.05) is 110 Å². The first-order valence-electron chi connectivity index (χ1n) is 43.7. The molecular weight excluding hydrogens is 2030 g/mol. The van der Waals surface area contributed by atoms with Gasteiger partial charge in [-0.1, -0.05) is 177 Å². The van der Waals surface area contributed by atoms with Gasteiger partial charge in [-0.05, 0) is 151 Å². The van der Waals surface area contributed by atoms with Crippen molar-refractivity contribution in [1.82, 2.24) is 58.3 Å². The number of carbonyl (C=O) groups is 3. The Morgan fingerprint density at radius 1 is 0.383 bits per heavy atom. The molecule has 0 saturated carbocycles. The molecule has 0 unspecified atom stereocenters. The zero-order chi connectivity index (χ0) is 104. The van der Waals surface area contributed by atoms with E-state index in [-0.39, 0.29) is 199 Å². The number of nitrogens with zero attached hydrogens (tertiary/aromatic N) is 18. The Bertz CT molecular complexity index is 6870. The molecule has 141 heavy (non-hydrogen) atoms. The van der Waals surface area contributed by atoms with Crippen LogP contribution in [-0.2, 0) is 14.4 Å². The Hall–Kier alpha value is -12.4. The van der Waals surface area contributed by atoms with Gasteiger partial charge in [0.05, 0.1) is 105 Å². The summed E-state index contributed by atoms with van der Waals surface area (Å²) in [6, 6.07) is 13.5. The number of piperazine rings is 3. The largest absolute Gasteiger partial charge is 0.506 e. The number of amides is 3. The number of anilines is 3. The fourth-order valence-corrected chi connectivity index (χ4v) is 20.9. The summed E-state index contributed by atoms with van der Waals surface area (Å²) in [5, 5.41) is 59.7. The smallest absolute Gasteiger partial charge is 0.276 e. The Kier molecular flexibility index (Phi) is 31.3. The lowest BCUT2D eigenvalue weighted by molar-refractivity contribution is -0.131. The zero-order valence-corrected chi connectivity index (χ0v) is 85.6. The maximum atomic E-state index is 15.5. The van der Waals surface area contributed by atoms with Gasteiger partial charge < -0.3 is 44.7 Å². The topological polar surface area (TPSA) is 346 Å². The minimum Gasteiger partial charge on any atom is -0.506 e. The molecule has 0 radical (unpaired) electrons. The molecule has 3 saturated heterocycles. The third-order valence-corrected chi connectivity index (χ3v) is 28.4. The molecule has 3 aliphatic heterocycles. The van der Waals surface area contributed by atoms with Crippen LogP contribution in [0.25, 0.3) is 83.9 Å². The summed E-state index contributed by atoms with van der Waals surface area (Å²) in [5.74, 6) is -11.0. The van der Waals surface area contributed by atoms with Crippen molar-refractivity contribution in [2.45, 2.75) is 158 Å². The number of aromatic hydroxyl groups is 3. The molecule has 3 aromatic carbocycles. The SMILES string of the molecule is C=CC(=O)N1[C@H](C)CN(c2c(C#N)c(=O)n(-c3c(C)ccnc3C(C)C)c3nc(-c4c(O)c(Cl)c(Cl)c(F)c4Cl)c(Cl)cc23)C[C@@H]1C.C=CC(=O)N1[C@H](C)CN(c2c(C#N)c(=O)n(-c3c(C)ccnc3C(C)C)c3nc(-c4c(O)c(Cl)c(Cl)c(F)c4F)c(Cl)cc23)C[C@@H]1C.C=CC(=O)N1[C@H](C)CN(c2c(C#N)c(=O)n(-c3c(C)ccnc3C(C)C)c3nc(-c4c(O)c(Cl)c(Cl)c(F)c4F)c(Cl)cc23)C[C@@H]1C. The summed E-state index contributed by atoms with van der Waals surface area (Å²) < 4.78 is 79.4. The molecule has 12 heterocycles. The van der Waals surface area contributed by atoms with Crippen molar-refractivity contribution in [3.63, 3.8) is 0 Å². The fraction of sp³-hybridized carbons (Fsp3) is 0.303. The Morgan fingerprint density at radius 2 is 0.617 bits per heavy atom.